The molecule has 0 aliphatic rings. The lowest BCUT2D eigenvalue weighted by Crippen LogP contribution is -2.31. The summed E-state index contributed by atoms with van der Waals surface area (Å²) in [5, 5.41) is 6.54. The first kappa shape index (κ1) is 17.0. The van der Waals surface area contributed by atoms with Crippen molar-refractivity contribution in [3.05, 3.63) is 53.3 Å². The minimum atomic E-state index is -4.44. The second-order valence-corrected chi connectivity index (χ2v) is 5.01. The van der Waals surface area contributed by atoms with Gasteiger partial charge in [-0.2, -0.15) is 18.3 Å². The minimum absolute atomic E-state index is 0.0489. The highest BCUT2D eigenvalue weighted by atomic mass is 19.4. The lowest BCUT2D eigenvalue weighted by Gasteiger charge is -2.19. The summed E-state index contributed by atoms with van der Waals surface area (Å²) in [5.41, 5.74) is -0.133. The summed E-state index contributed by atoms with van der Waals surface area (Å²) >= 11 is 0. The summed E-state index contributed by atoms with van der Waals surface area (Å²) < 4.78 is 44.9. The molecule has 5 nitrogen and oxygen atoms in total. The lowest BCUT2D eigenvalue weighted by molar-refractivity contribution is -0.137. The first-order chi connectivity index (χ1) is 10.8. The molecule has 8 heteroatoms. The summed E-state index contributed by atoms with van der Waals surface area (Å²) in [6, 6.07) is 4.11. The van der Waals surface area contributed by atoms with Gasteiger partial charge in [-0.1, -0.05) is 12.1 Å². The fourth-order valence-electron chi connectivity index (χ4n) is 2.10. The molecule has 1 unspecified atom stereocenters. The average Bonchev–Trinajstić information content (AvgIpc) is 2.93. The van der Waals surface area contributed by atoms with Crippen LogP contribution in [0.25, 0.3) is 0 Å². The zero-order chi connectivity index (χ0) is 17.0. The van der Waals surface area contributed by atoms with Crippen molar-refractivity contribution in [2.75, 3.05) is 13.7 Å². The molecule has 0 aliphatic heterocycles. The molecule has 1 aromatic carbocycles. The van der Waals surface area contributed by atoms with E-state index in [-0.39, 0.29) is 6.61 Å². The number of halogens is 3. The number of amides is 1. The molecule has 1 aromatic heterocycles. The van der Waals surface area contributed by atoms with Crippen LogP contribution in [0.1, 0.15) is 27.5 Å². The maximum atomic E-state index is 12.8. The standard InChI is InChI=1S/C15H16F3N3O2/c1-21-8-11(7-19-21)14(22)20-13(9-23-2)10-4-3-5-12(6-10)15(16,17)18/h3-8,13H,9H2,1-2H3,(H,20,22). The van der Waals surface area contributed by atoms with Gasteiger partial charge in [-0.15, -0.1) is 0 Å². The van der Waals surface area contributed by atoms with Gasteiger partial charge in [-0.25, -0.2) is 0 Å². The van der Waals surface area contributed by atoms with Crippen LogP contribution in [0.5, 0.6) is 0 Å². The van der Waals surface area contributed by atoms with Crippen LogP contribution in [0.4, 0.5) is 13.2 Å². The molecule has 0 radical (unpaired) electrons. The summed E-state index contributed by atoms with van der Waals surface area (Å²) in [7, 11) is 3.08. The second-order valence-electron chi connectivity index (χ2n) is 5.01. The highest BCUT2D eigenvalue weighted by Gasteiger charge is 2.31. The Balaban J connectivity index is 2.23. The molecule has 1 heterocycles. The number of hydrogen-bond donors (Lipinski definition) is 1. The molecule has 1 amide bonds. The van der Waals surface area contributed by atoms with Crippen LogP contribution in [0.2, 0.25) is 0 Å². The zero-order valence-corrected chi connectivity index (χ0v) is 12.6. The quantitative estimate of drug-likeness (QED) is 0.918. The molecular weight excluding hydrogens is 311 g/mol. The molecule has 0 bridgehead atoms. The second kappa shape index (κ2) is 6.82. The maximum absolute atomic E-state index is 12.8. The molecule has 0 saturated carbocycles. The number of benzene rings is 1. The van der Waals surface area contributed by atoms with Crippen LogP contribution in [-0.2, 0) is 18.0 Å². The number of aromatic nitrogens is 2. The van der Waals surface area contributed by atoms with Crippen LogP contribution in [-0.4, -0.2) is 29.4 Å². The van der Waals surface area contributed by atoms with Gasteiger partial charge in [0.05, 0.1) is 30.0 Å². The molecule has 0 saturated heterocycles. The van der Waals surface area contributed by atoms with Crippen LogP contribution in [0.3, 0.4) is 0 Å². The van der Waals surface area contributed by atoms with Gasteiger partial charge in [0.2, 0.25) is 0 Å². The van der Waals surface area contributed by atoms with Crippen molar-refractivity contribution in [2.45, 2.75) is 12.2 Å². The Morgan fingerprint density at radius 1 is 1.43 bits per heavy atom. The topological polar surface area (TPSA) is 56.1 Å². The van der Waals surface area contributed by atoms with Gasteiger partial charge in [0.15, 0.2) is 0 Å². The van der Waals surface area contributed by atoms with E-state index in [1.807, 2.05) is 0 Å². The van der Waals surface area contributed by atoms with Crippen LogP contribution in [0.15, 0.2) is 36.7 Å². The molecule has 2 rings (SSSR count). The fourth-order valence-corrected chi connectivity index (χ4v) is 2.10. The Morgan fingerprint density at radius 2 is 2.17 bits per heavy atom. The van der Waals surface area contributed by atoms with Gasteiger partial charge < -0.3 is 10.1 Å². The molecule has 0 aliphatic carbocycles. The maximum Gasteiger partial charge on any atom is 0.416 e. The highest BCUT2D eigenvalue weighted by molar-refractivity contribution is 5.93. The number of hydrogen-bond acceptors (Lipinski definition) is 3. The predicted octanol–water partition coefficient (Wildman–Crippen LogP) is 2.56. The van der Waals surface area contributed by atoms with Crippen LogP contribution < -0.4 is 5.32 Å². The van der Waals surface area contributed by atoms with Gasteiger partial charge in [0.25, 0.3) is 5.91 Å². The van der Waals surface area contributed by atoms with E-state index < -0.39 is 23.7 Å². The Labute approximate surface area is 131 Å². The molecule has 23 heavy (non-hydrogen) atoms. The number of aryl methyl sites for hydroxylation is 1. The molecule has 1 atom stereocenters. The minimum Gasteiger partial charge on any atom is -0.382 e. The number of rotatable bonds is 5. The first-order valence-corrected chi connectivity index (χ1v) is 6.77. The summed E-state index contributed by atoms with van der Waals surface area (Å²) in [6.45, 7) is 0.0489. The number of nitrogens with zero attached hydrogens (tertiary/aromatic N) is 2. The Hall–Kier alpha value is -2.35. The van der Waals surface area contributed by atoms with Gasteiger partial charge in [-0.05, 0) is 17.7 Å². The summed E-state index contributed by atoms with van der Waals surface area (Å²) in [5.74, 6) is -0.433. The summed E-state index contributed by atoms with van der Waals surface area (Å²) in [6.07, 6.45) is -1.54. The Bertz CT molecular complexity index is 683. The average molecular weight is 327 g/mol. The highest BCUT2D eigenvalue weighted by Crippen LogP contribution is 2.30. The monoisotopic (exact) mass is 327 g/mol. The number of alkyl halides is 3. The number of methoxy groups -OCH3 is 1. The zero-order valence-electron chi connectivity index (χ0n) is 12.6. The molecule has 0 fully saturated rings. The summed E-state index contributed by atoms with van der Waals surface area (Å²) in [4.78, 5) is 12.2. The fraction of sp³-hybridized carbons (Fsp3) is 0.333. The first-order valence-electron chi connectivity index (χ1n) is 6.77. The van der Waals surface area contributed by atoms with Crippen LogP contribution in [0, 0.1) is 0 Å². The van der Waals surface area contributed by atoms with E-state index in [2.05, 4.69) is 10.4 Å². The van der Waals surface area contributed by atoms with Gasteiger partial charge in [0, 0.05) is 20.4 Å². The van der Waals surface area contributed by atoms with Crippen molar-refractivity contribution in [3.63, 3.8) is 0 Å². The number of nitrogens with one attached hydrogen (secondary N) is 1. The number of carbonyl (C=O) groups excluding carboxylic acids is 1. The van der Waals surface area contributed by atoms with E-state index in [0.717, 1.165) is 12.1 Å². The van der Waals surface area contributed by atoms with Crippen molar-refractivity contribution in [1.29, 1.82) is 0 Å². The Morgan fingerprint density at radius 3 is 2.74 bits per heavy atom. The van der Waals surface area contributed by atoms with E-state index in [1.54, 1.807) is 7.05 Å². The third-order valence-corrected chi connectivity index (χ3v) is 3.22. The lowest BCUT2D eigenvalue weighted by atomic mass is 10.0. The van der Waals surface area contributed by atoms with Gasteiger partial charge in [0.1, 0.15) is 0 Å². The van der Waals surface area contributed by atoms with E-state index in [4.69, 9.17) is 4.74 Å². The molecule has 124 valence electrons. The Kier molecular flexibility index (Phi) is 5.05. The molecule has 2 aromatic rings. The van der Waals surface area contributed by atoms with Gasteiger partial charge >= 0.3 is 6.18 Å². The van der Waals surface area contributed by atoms with Crippen molar-refractivity contribution in [1.82, 2.24) is 15.1 Å². The predicted molar refractivity (Wildman–Crippen MR) is 76.7 cm³/mol. The van der Waals surface area contributed by atoms with Crippen molar-refractivity contribution in [3.8, 4) is 0 Å². The van der Waals surface area contributed by atoms with Crippen molar-refractivity contribution < 1.29 is 22.7 Å². The number of ether oxygens (including phenoxy) is 1. The SMILES string of the molecule is COCC(NC(=O)c1cnn(C)c1)c1cccc(C(F)(F)F)c1. The number of carbonyl (C=O) groups is 1. The van der Waals surface area contributed by atoms with Crippen molar-refractivity contribution >= 4 is 5.91 Å². The molecule has 0 spiro atoms. The molecule has 1 N–H and O–H groups in total. The van der Waals surface area contributed by atoms with Crippen LogP contribution >= 0.6 is 0 Å². The largest absolute Gasteiger partial charge is 0.416 e. The normalized spacial score (nSPS) is 12.9. The van der Waals surface area contributed by atoms with Gasteiger partial charge in [-0.3, -0.25) is 9.48 Å². The third-order valence-electron chi connectivity index (χ3n) is 3.22. The molecular formula is C15H16F3N3O2. The van der Waals surface area contributed by atoms with E-state index >= 15 is 0 Å². The smallest absolute Gasteiger partial charge is 0.382 e. The van der Waals surface area contributed by atoms with E-state index in [0.29, 0.717) is 11.1 Å². The third kappa shape index (κ3) is 4.32. The van der Waals surface area contributed by atoms with E-state index in [9.17, 15) is 18.0 Å². The van der Waals surface area contributed by atoms with E-state index in [1.165, 1.54) is 36.3 Å². The van der Waals surface area contributed by atoms with Crippen molar-refractivity contribution in [2.24, 2.45) is 7.05 Å².